The lowest BCUT2D eigenvalue weighted by Gasteiger charge is -2.09. The van der Waals surface area contributed by atoms with Crippen LogP contribution in [0.3, 0.4) is 0 Å². The fourth-order valence-corrected chi connectivity index (χ4v) is 2.45. The van der Waals surface area contributed by atoms with Crippen LogP contribution < -0.4 is 14.9 Å². The lowest BCUT2D eigenvalue weighted by molar-refractivity contribution is -0.385. The molecule has 0 fully saturated rings. The van der Waals surface area contributed by atoms with E-state index in [1.165, 1.54) is 20.3 Å². The number of nitro groups is 1. The van der Waals surface area contributed by atoms with Gasteiger partial charge in [-0.1, -0.05) is 17.7 Å². The standard InChI is InChI=1S/C17H16ClN3O6/c1-26-14-4-3-10(5-15(14)27-2)6-16(22)20-19-9-11-7-12(18)8-13(17(11)23)21(24)25/h3-5,7-9,23H,6H2,1-2H3,(H,20,22)/b19-9+. The number of amides is 1. The van der Waals surface area contributed by atoms with E-state index < -0.39 is 22.3 Å². The number of nitro benzene ring substituents is 1. The summed E-state index contributed by atoms with van der Waals surface area (Å²) in [5, 5.41) is 24.5. The van der Waals surface area contributed by atoms with Gasteiger partial charge in [0.1, 0.15) is 0 Å². The molecule has 0 aliphatic rings. The van der Waals surface area contributed by atoms with Crippen LogP contribution in [0.2, 0.25) is 5.02 Å². The number of phenols is 1. The molecule has 2 aromatic carbocycles. The van der Waals surface area contributed by atoms with Gasteiger partial charge >= 0.3 is 5.69 Å². The van der Waals surface area contributed by atoms with Crippen molar-refractivity contribution < 1.29 is 24.3 Å². The largest absolute Gasteiger partial charge is 0.502 e. The summed E-state index contributed by atoms with van der Waals surface area (Å²) in [7, 11) is 3.00. The summed E-state index contributed by atoms with van der Waals surface area (Å²) >= 11 is 5.78. The molecule has 0 radical (unpaired) electrons. The van der Waals surface area contributed by atoms with Gasteiger partial charge in [0, 0.05) is 16.7 Å². The van der Waals surface area contributed by atoms with E-state index in [2.05, 4.69) is 10.5 Å². The fraction of sp³-hybridized carbons (Fsp3) is 0.176. The molecule has 27 heavy (non-hydrogen) atoms. The molecular weight excluding hydrogens is 378 g/mol. The highest BCUT2D eigenvalue weighted by Crippen LogP contribution is 2.32. The Morgan fingerprint density at radius 1 is 1.30 bits per heavy atom. The zero-order valence-corrected chi connectivity index (χ0v) is 15.2. The number of rotatable bonds is 7. The number of aromatic hydroxyl groups is 1. The summed E-state index contributed by atoms with van der Waals surface area (Å²) in [4.78, 5) is 22.1. The smallest absolute Gasteiger partial charge is 0.312 e. The molecular formula is C17H16ClN3O6. The lowest BCUT2D eigenvalue weighted by Crippen LogP contribution is -2.19. The average molecular weight is 394 g/mol. The Bertz CT molecular complexity index is 900. The Morgan fingerprint density at radius 3 is 2.63 bits per heavy atom. The second kappa shape index (κ2) is 8.86. The number of methoxy groups -OCH3 is 2. The van der Waals surface area contributed by atoms with Crippen LogP contribution in [0.4, 0.5) is 5.69 Å². The van der Waals surface area contributed by atoms with E-state index in [1.807, 2.05) is 0 Å². The number of halogens is 1. The molecule has 0 saturated heterocycles. The molecule has 2 aromatic rings. The third-order valence-electron chi connectivity index (χ3n) is 3.49. The van der Waals surface area contributed by atoms with Crippen molar-refractivity contribution in [2.24, 2.45) is 5.10 Å². The van der Waals surface area contributed by atoms with Crippen molar-refractivity contribution in [1.29, 1.82) is 0 Å². The Hall–Kier alpha value is -3.33. The van der Waals surface area contributed by atoms with Crippen LogP contribution in [0.25, 0.3) is 0 Å². The summed E-state index contributed by atoms with van der Waals surface area (Å²) in [6, 6.07) is 7.34. The van der Waals surface area contributed by atoms with Crippen molar-refractivity contribution >= 4 is 29.4 Å². The number of carbonyl (C=O) groups excluding carboxylic acids is 1. The van der Waals surface area contributed by atoms with Crippen molar-refractivity contribution in [2.45, 2.75) is 6.42 Å². The molecule has 0 atom stereocenters. The minimum absolute atomic E-state index is 0.000571. The number of nitrogens with zero attached hydrogens (tertiary/aromatic N) is 2. The van der Waals surface area contributed by atoms with Gasteiger partial charge in [-0.3, -0.25) is 14.9 Å². The molecule has 2 rings (SSSR count). The van der Waals surface area contributed by atoms with E-state index in [1.54, 1.807) is 18.2 Å². The van der Waals surface area contributed by atoms with Gasteiger partial charge < -0.3 is 14.6 Å². The number of hydrogen-bond donors (Lipinski definition) is 2. The van der Waals surface area contributed by atoms with Crippen molar-refractivity contribution in [3.8, 4) is 17.2 Å². The number of nitrogens with one attached hydrogen (secondary N) is 1. The van der Waals surface area contributed by atoms with Gasteiger partial charge in [0.05, 0.1) is 31.8 Å². The predicted octanol–water partition coefficient (Wildman–Crippen LogP) is 2.66. The van der Waals surface area contributed by atoms with Crippen molar-refractivity contribution in [2.75, 3.05) is 14.2 Å². The first-order valence-electron chi connectivity index (χ1n) is 7.55. The van der Waals surface area contributed by atoms with Crippen LogP contribution in [0, 0.1) is 10.1 Å². The molecule has 0 aliphatic carbocycles. The minimum atomic E-state index is -0.770. The highest BCUT2D eigenvalue weighted by atomic mass is 35.5. The van der Waals surface area contributed by atoms with E-state index in [0.717, 1.165) is 12.3 Å². The van der Waals surface area contributed by atoms with Crippen LogP contribution in [0.5, 0.6) is 17.2 Å². The third-order valence-corrected chi connectivity index (χ3v) is 3.70. The van der Waals surface area contributed by atoms with Gasteiger partial charge in [0.2, 0.25) is 11.7 Å². The monoisotopic (exact) mass is 393 g/mol. The Labute approximate surface area is 159 Å². The Balaban J connectivity index is 2.07. The van der Waals surface area contributed by atoms with Crippen LogP contribution in [0.15, 0.2) is 35.4 Å². The van der Waals surface area contributed by atoms with E-state index >= 15 is 0 Å². The molecule has 2 N–H and O–H groups in total. The second-order valence-electron chi connectivity index (χ2n) is 5.28. The summed E-state index contributed by atoms with van der Waals surface area (Å²) in [6.07, 6.45) is 1.08. The predicted molar refractivity (Wildman–Crippen MR) is 98.8 cm³/mol. The number of hydrazone groups is 1. The lowest BCUT2D eigenvalue weighted by atomic mass is 10.1. The van der Waals surface area contributed by atoms with Crippen molar-refractivity contribution in [3.63, 3.8) is 0 Å². The van der Waals surface area contributed by atoms with Gasteiger partial charge in [-0.2, -0.15) is 5.10 Å². The summed E-state index contributed by atoms with van der Waals surface area (Å²) < 4.78 is 10.3. The molecule has 9 nitrogen and oxygen atoms in total. The van der Waals surface area contributed by atoms with Crippen molar-refractivity contribution in [1.82, 2.24) is 5.43 Å². The maximum Gasteiger partial charge on any atom is 0.312 e. The highest BCUT2D eigenvalue weighted by molar-refractivity contribution is 6.31. The topological polar surface area (TPSA) is 123 Å². The number of benzene rings is 2. The van der Waals surface area contributed by atoms with Gasteiger partial charge in [0.15, 0.2) is 11.5 Å². The van der Waals surface area contributed by atoms with Gasteiger partial charge in [-0.25, -0.2) is 5.43 Å². The molecule has 0 heterocycles. The minimum Gasteiger partial charge on any atom is -0.502 e. The van der Waals surface area contributed by atoms with Gasteiger partial charge in [-0.15, -0.1) is 0 Å². The van der Waals surface area contributed by atoms with E-state index in [-0.39, 0.29) is 17.0 Å². The number of phenolic OH excluding ortho intramolecular Hbond substituents is 1. The molecule has 0 bridgehead atoms. The summed E-state index contributed by atoms with van der Waals surface area (Å²) in [5.41, 5.74) is 2.39. The van der Waals surface area contributed by atoms with Gasteiger partial charge in [0.25, 0.3) is 0 Å². The highest BCUT2D eigenvalue weighted by Gasteiger charge is 2.17. The van der Waals surface area contributed by atoms with Crippen LogP contribution >= 0.6 is 11.6 Å². The summed E-state index contributed by atoms with van der Waals surface area (Å²) in [6.45, 7) is 0. The maximum atomic E-state index is 12.0. The summed E-state index contributed by atoms with van der Waals surface area (Å²) in [5.74, 6) is -0.00283. The zero-order valence-electron chi connectivity index (χ0n) is 14.4. The number of ether oxygens (including phenoxy) is 2. The van der Waals surface area contributed by atoms with Crippen LogP contribution in [-0.2, 0) is 11.2 Å². The molecule has 142 valence electrons. The van der Waals surface area contributed by atoms with Crippen molar-refractivity contribution in [3.05, 3.63) is 56.6 Å². The van der Waals surface area contributed by atoms with E-state index in [0.29, 0.717) is 17.1 Å². The molecule has 0 unspecified atom stereocenters. The van der Waals surface area contributed by atoms with E-state index in [4.69, 9.17) is 21.1 Å². The van der Waals surface area contributed by atoms with Crippen LogP contribution in [0.1, 0.15) is 11.1 Å². The zero-order chi connectivity index (χ0) is 20.0. The molecule has 0 spiro atoms. The molecule has 1 amide bonds. The first-order valence-corrected chi connectivity index (χ1v) is 7.93. The third kappa shape index (κ3) is 5.08. The second-order valence-corrected chi connectivity index (χ2v) is 5.72. The molecule has 0 aliphatic heterocycles. The first-order chi connectivity index (χ1) is 12.8. The van der Waals surface area contributed by atoms with E-state index in [9.17, 15) is 20.0 Å². The molecule has 10 heteroatoms. The Kier molecular flexibility index (Phi) is 6.56. The maximum absolute atomic E-state index is 12.0. The first kappa shape index (κ1) is 20.0. The average Bonchev–Trinajstić information content (AvgIpc) is 2.63. The van der Waals surface area contributed by atoms with Crippen LogP contribution in [-0.4, -0.2) is 36.4 Å². The number of hydrogen-bond acceptors (Lipinski definition) is 7. The molecule has 0 saturated carbocycles. The normalized spacial score (nSPS) is 10.6. The SMILES string of the molecule is COc1ccc(CC(=O)N/N=C/c2cc(Cl)cc([N+](=O)[O-])c2O)cc1OC. The fourth-order valence-electron chi connectivity index (χ4n) is 2.23. The molecule has 0 aromatic heterocycles. The quantitative estimate of drug-likeness (QED) is 0.423. The van der Waals surface area contributed by atoms with Gasteiger partial charge in [-0.05, 0) is 23.8 Å². The Morgan fingerprint density at radius 2 is 2.00 bits per heavy atom. The number of carbonyl (C=O) groups is 1.